The van der Waals surface area contributed by atoms with Crippen LogP contribution in [0.5, 0.6) is 0 Å². The van der Waals surface area contributed by atoms with Crippen molar-refractivity contribution < 1.29 is 23.1 Å². The zero-order chi connectivity index (χ0) is 26.7. The molecule has 0 radical (unpaired) electrons. The summed E-state index contributed by atoms with van der Waals surface area (Å²) in [6.45, 7) is 1.58. The molecule has 0 saturated carbocycles. The van der Waals surface area contributed by atoms with Crippen molar-refractivity contribution >= 4 is 27.7 Å². The highest BCUT2D eigenvalue weighted by Gasteiger charge is 2.36. The Kier molecular flexibility index (Phi) is 7.76. The number of amides is 1. The molecule has 2 aromatic rings. The first-order chi connectivity index (χ1) is 17.5. The number of amidine groups is 1. The Morgan fingerprint density at radius 2 is 1.97 bits per heavy atom. The van der Waals surface area contributed by atoms with E-state index in [2.05, 4.69) is 9.62 Å². The monoisotopic (exact) mass is 525 g/mol. The molecule has 37 heavy (non-hydrogen) atoms. The van der Waals surface area contributed by atoms with Crippen LogP contribution in [0.2, 0.25) is 0 Å². The van der Waals surface area contributed by atoms with Crippen LogP contribution >= 0.6 is 0 Å². The second-order valence-electron chi connectivity index (χ2n) is 9.46. The van der Waals surface area contributed by atoms with Gasteiger partial charge in [0.1, 0.15) is 17.9 Å². The van der Waals surface area contributed by atoms with E-state index in [1.807, 2.05) is 7.05 Å². The van der Waals surface area contributed by atoms with Gasteiger partial charge in [0.05, 0.1) is 4.90 Å². The minimum absolute atomic E-state index is 0.0422. The molecule has 11 heteroatoms. The lowest BCUT2D eigenvalue weighted by molar-refractivity contribution is -0.150. The van der Waals surface area contributed by atoms with Gasteiger partial charge in [-0.3, -0.25) is 10.2 Å². The number of nitrogens with zero attached hydrogens (tertiary/aromatic N) is 2. The van der Waals surface area contributed by atoms with Gasteiger partial charge in [-0.1, -0.05) is 36.4 Å². The maximum Gasteiger partial charge on any atom is 0.326 e. The number of nitrogens with one attached hydrogen (secondary N) is 2. The van der Waals surface area contributed by atoms with E-state index in [-0.39, 0.29) is 30.1 Å². The van der Waals surface area contributed by atoms with Crippen molar-refractivity contribution in [2.24, 2.45) is 5.73 Å². The van der Waals surface area contributed by atoms with Crippen LogP contribution in [0.15, 0.2) is 59.5 Å². The molecular weight excluding hydrogens is 494 g/mol. The summed E-state index contributed by atoms with van der Waals surface area (Å²) in [5.41, 5.74) is 8.64. The normalized spacial score (nSPS) is 18.7. The first-order valence-corrected chi connectivity index (χ1v) is 13.5. The van der Waals surface area contributed by atoms with Gasteiger partial charge < -0.3 is 20.6 Å². The first-order valence-electron chi connectivity index (χ1n) is 12.0. The average Bonchev–Trinajstić information content (AvgIpc) is 2.87. The molecule has 2 atom stereocenters. The molecule has 1 amide bonds. The maximum absolute atomic E-state index is 13.6. The molecule has 2 unspecified atom stereocenters. The second kappa shape index (κ2) is 10.8. The summed E-state index contributed by atoms with van der Waals surface area (Å²) >= 11 is 0. The zero-order valence-electron chi connectivity index (χ0n) is 20.6. The number of nitrogen functional groups attached to an aromatic ring is 1. The number of likely N-dealkylation sites (N-methyl/N-ethyl adjacent to an activating group) is 1. The zero-order valence-corrected chi connectivity index (χ0v) is 21.4. The van der Waals surface area contributed by atoms with Gasteiger partial charge >= 0.3 is 5.97 Å². The van der Waals surface area contributed by atoms with Gasteiger partial charge in [-0.05, 0) is 61.2 Å². The van der Waals surface area contributed by atoms with E-state index in [0.29, 0.717) is 17.7 Å². The minimum Gasteiger partial charge on any atom is -0.480 e. The third kappa shape index (κ3) is 6.07. The van der Waals surface area contributed by atoms with E-state index in [0.717, 1.165) is 24.1 Å². The van der Waals surface area contributed by atoms with Gasteiger partial charge in [0.15, 0.2) is 0 Å². The fourth-order valence-corrected chi connectivity index (χ4v) is 5.96. The number of nitrogens with two attached hydrogens (primary N) is 1. The van der Waals surface area contributed by atoms with Crippen LogP contribution in [0.4, 0.5) is 0 Å². The molecule has 196 valence electrons. The average molecular weight is 526 g/mol. The minimum atomic E-state index is -4.13. The molecule has 2 aliphatic heterocycles. The highest BCUT2D eigenvalue weighted by Crippen LogP contribution is 2.23. The lowest BCUT2D eigenvalue weighted by Gasteiger charge is -2.33. The molecule has 0 aromatic heterocycles. The number of sulfonamides is 1. The number of benzene rings is 2. The van der Waals surface area contributed by atoms with E-state index < -0.39 is 34.0 Å². The predicted octanol–water partition coefficient (Wildman–Crippen LogP) is 1.09. The standard InChI is InChI=1S/C26H31N5O5S/c1-30-12-10-18-8-9-21(15-20(18)16-30)37(35,36)29-22(14-17-5-4-6-19(13-17)24(27)28)25(32)31-11-3-2-7-23(31)26(33)34/h2-6,8-9,13,15,22-23,29H,7,10-12,14,16H2,1H3,(H3,27,28)(H,33,34). The predicted molar refractivity (Wildman–Crippen MR) is 139 cm³/mol. The Labute approximate surface area is 216 Å². The Morgan fingerprint density at radius 3 is 2.70 bits per heavy atom. The molecule has 0 saturated heterocycles. The van der Waals surface area contributed by atoms with Crippen LogP contribution in [0, 0.1) is 5.41 Å². The van der Waals surface area contributed by atoms with Crippen molar-refractivity contribution in [1.82, 2.24) is 14.5 Å². The maximum atomic E-state index is 13.6. The number of aliphatic carboxylic acids is 1. The number of carbonyl (C=O) groups is 2. The first kappa shape index (κ1) is 26.5. The summed E-state index contributed by atoms with van der Waals surface area (Å²) in [4.78, 5) is 28.8. The fraction of sp³-hybridized carbons (Fsp3) is 0.346. The van der Waals surface area contributed by atoms with Gasteiger partial charge in [0, 0.05) is 25.2 Å². The molecule has 0 aliphatic carbocycles. The lowest BCUT2D eigenvalue weighted by atomic mass is 10.0. The van der Waals surface area contributed by atoms with Crippen molar-refractivity contribution in [2.45, 2.75) is 42.8 Å². The largest absolute Gasteiger partial charge is 0.480 e. The van der Waals surface area contributed by atoms with Crippen molar-refractivity contribution in [3.8, 4) is 0 Å². The molecule has 2 aromatic carbocycles. The number of carbonyl (C=O) groups excluding carboxylic acids is 1. The van der Waals surface area contributed by atoms with Gasteiger partial charge in [0.2, 0.25) is 15.9 Å². The van der Waals surface area contributed by atoms with Crippen molar-refractivity contribution in [1.29, 1.82) is 5.41 Å². The highest BCUT2D eigenvalue weighted by atomic mass is 32.2. The van der Waals surface area contributed by atoms with E-state index in [1.165, 1.54) is 11.0 Å². The van der Waals surface area contributed by atoms with Gasteiger partial charge in [-0.25, -0.2) is 13.2 Å². The number of hydrogen-bond donors (Lipinski definition) is 4. The van der Waals surface area contributed by atoms with Crippen LogP contribution in [0.25, 0.3) is 0 Å². The van der Waals surface area contributed by atoms with Gasteiger partial charge in [-0.15, -0.1) is 0 Å². The smallest absolute Gasteiger partial charge is 0.326 e. The molecule has 2 heterocycles. The molecule has 0 fully saturated rings. The summed E-state index contributed by atoms with van der Waals surface area (Å²) in [5, 5.41) is 17.4. The van der Waals surface area contributed by atoms with Crippen molar-refractivity contribution in [2.75, 3.05) is 20.1 Å². The number of carboxylic acids is 1. The van der Waals surface area contributed by atoms with Crippen LogP contribution in [-0.4, -0.2) is 73.3 Å². The Bertz CT molecular complexity index is 1360. The van der Waals surface area contributed by atoms with Crippen LogP contribution < -0.4 is 10.5 Å². The van der Waals surface area contributed by atoms with Crippen molar-refractivity contribution in [3.05, 3.63) is 76.9 Å². The van der Waals surface area contributed by atoms with Gasteiger partial charge in [0.25, 0.3) is 0 Å². The highest BCUT2D eigenvalue weighted by molar-refractivity contribution is 7.89. The molecule has 10 nitrogen and oxygen atoms in total. The van der Waals surface area contributed by atoms with E-state index in [4.69, 9.17) is 11.1 Å². The van der Waals surface area contributed by atoms with Crippen molar-refractivity contribution in [3.63, 3.8) is 0 Å². The Hall–Kier alpha value is -3.54. The Morgan fingerprint density at radius 1 is 1.19 bits per heavy atom. The fourth-order valence-electron chi connectivity index (χ4n) is 4.72. The van der Waals surface area contributed by atoms with Crippen LogP contribution in [0.3, 0.4) is 0 Å². The van der Waals surface area contributed by atoms with Crippen LogP contribution in [0.1, 0.15) is 28.7 Å². The molecule has 4 rings (SSSR count). The number of rotatable bonds is 8. The molecular formula is C26H31N5O5S. The van der Waals surface area contributed by atoms with Crippen LogP contribution in [-0.2, 0) is 39.0 Å². The third-order valence-corrected chi connectivity index (χ3v) is 8.21. The molecule has 5 N–H and O–H groups in total. The number of hydrogen-bond acceptors (Lipinski definition) is 6. The Balaban J connectivity index is 1.67. The summed E-state index contributed by atoms with van der Waals surface area (Å²) in [5.74, 6) is -1.95. The topological polar surface area (TPSA) is 157 Å². The van der Waals surface area contributed by atoms with E-state index in [1.54, 1.807) is 48.6 Å². The van der Waals surface area contributed by atoms with E-state index >= 15 is 0 Å². The number of carboxylic acid groups (broad SMARTS) is 1. The lowest BCUT2D eigenvalue weighted by Crippen LogP contribution is -2.55. The second-order valence-corrected chi connectivity index (χ2v) is 11.2. The third-order valence-electron chi connectivity index (χ3n) is 6.74. The molecule has 2 aliphatic rings. The van der Waals surface area contributed by atoms with Gasteiger partial charge in [-0.2, -0.15) is 4.72 Å². The summed E-state index contributed by atoms with van der Waals surface area (Å²) in [7, 11) is -2.16. The SMILES string of the molecule is CN1CCc2ccc(S(=O)(=O)NC(Cc3cccc(C(=N)N)c3)C(=O)N3CC=CCC3C(=O)O)cc2C1. The molecule has 0 bridgehead atoms. The summed E-state index contributed by atoms with van der Waals surface area (Å²) in [6.07, 6.45) is 4.31. The summed E-state index contributed by atoms with van der Waals surface area (Å²) < 4.78 is 29.5. The quantitative estimate of drug-likeness (QED) is 0.228. The summed E-state index contributed by atoms with van der Waals surface area (Å²) in [6, 6.07) is 9.27. The molecule has 0 spiro atoms. The van der Waals surface area contributed by atoms with E-state index in [9.17, 15) is 23.1 Å². The number of fused-ring (bicyclic) bond motifs is 1.